The van der Waals surface area contributed by atoms with Gasteiger partial charge in [-0.25, -0.2) is 0 Å². The molecule has 0 bridgehead atoms. The molecule has 1 aromatic carbocycles. The molecule has 0 radical (unpaired) electrons. The normalized spacial score (nSPS) is 20.4. The third-order valence-electron chi connectivity index (χ3n) is 3.21. The summed E-state index contributed by atoms with van der Waals surface area (Å²) in [4.78, 5) is 2.32. The number of piperazine rings is 1. The molecule has 1 aliphatic heterocycles. The molecule has 4 nitrogen and oxygen atoms in total. The zero-order chi connectivity index (χ0) is 12.1. The Kier molecular flexibility index (Phi) is 4.23. The number of hydrogen-bond acceptors (Lipinski definition) is 4. The van der Waals surface area contributed by atoms with E-state index in [0.717, 1.165) is 37.5 Å². The fraction of sp³-hybridized carbons (Fsp3) is 0.538. The van der Waals surface area contributed by atoms with Crippen molar-refractivity contribution in [3.05, 3.63) is 24.3 Å². The predicted molar refractivity (Wildman–Crippen MR) is 68.7 cm³/mol. The maximum absolute atomic E-state index is 9.12. The third kappa shape index (κ3) is 2.70. The van der Waals surface area contributed by atoms with Gasteiger partial charge in [-0.3, -0.25) is 0 Å². The molecule has 2 rings (SSSR count). The molecule has 17 heavy (non-hydrogen) atoms. The SMILES string of the molecule is COc1ccccc1N1CCNCC1CCO. The molecule has 1 aromatic rings. The zero-order valence-corrected chi connectivity index (χ0v) is 10.2. The number of nitrogens with zero attached hydrogens (tertiary/aromatic N) is 1. The van der Waals surface area contributed by atoms with E-state index in [1.54, 1.807) is 7.11 Å². The van der Waals surface area contributed by atoms with Crippen LogP contribution in [0.1, 0.15) is 6.42 Å². The third-order valence-corrected chi connectivity index (χ3v) is 3.21. The molecule has 1 aliphatic rings. The van der Waals surface area contributed by atoms with Gasteiger partial charge in [-0.2, -0.15) is 0 Å². The Morgan fingerprint density at radius 3 is 3.06 bits per heavy atom. The number of methoxy groups -OCH3 is 1. The first-order valence-electron chi connectivity index (χ1n) is 6.08. The highest BCUT2D eigenvalue weighted by atomic mass is 16.5. The number of rotatable bonds is 4. The molecular weight excluding hydrogens is 216 g/mol. The van der Waals surface area contributed by atoms with Gasteiger partial charge in [-0.15, -0.1) is 0 Å². The molecule has 0 amide bonds. The summed E-state index contributed by atoms with van der Waals surface area (Å²) >= 11 is 0. The number of benzene rings is 1. The lowest BCUT2D eigenvalue weighted by Gasteiger charge is -2.38. The number of aliphatic hydroxyl groups is 1. The van der Waals surface area contributed by atoms with Crippen LogP contribution in [-0.2, 0) is 0 Å². The van der Waals surface area contributed by atoms with Gasteiger partial charge in [0.25, 0.3) is 0 Å². The van der Waals surface area contributed by atoms with E-state index in [2.05, 4.69) is 16.3 Å². The first kappa shape index (κ1) is 12.2. The number of anilines is 1. The number of nitrogens with one attached hydrogen (secondary N) is 1. The monoisotopic (exact) mass is 236 g/mol. The number of hydrogen-bond donors (Lipinski definition) is 2. The number of ether oxygens (including phenoxy) is 1. The van der Waals surface area contributed by atoms with Crippen LogP contribution in [0.15, 0.2) is 24.3 Å². The van der Waals surface area contributed by atoms with Crippen LogP contribution in [0.5, 0.6) is 5.75 Å². The Bertz CT molecular complexity index is 355. The second-order valence-electron chi connectivity index (χ2n) is 4.24. The molecule has 1 saturated heterocycles. The lowest BCUT2D eigenvalue weighted by molar-refractivity contribution is 0.265. The smallest absolute Gasteiger partial charge is 0.142 e. The van der Waals surface area contributed by atoms with E-state index < -0.39 is 0 Å². The topological polar surface area (TPSA) is 44.7 Å². The molecule has 1 fully saturated rings. The summed E-state index contributed by atoms with van der Waals surface area (Å²) in [5.41, 5.74) is 1.12. The Morgan fingerprint density at radius 1 is 1.47 bits per heavy atom. The van der Waals surface area contributed by atoms with E-state index in [0.29, 0.717) is 6.04 Å². The Labute approximate surface area is 102 Å². The van der Waals surface area contributed by atoms with Crippen molar-refractivity contribution in [2.75, 3.05) is 38.3 Å². The van der Waals surface area contributed by atoms with E-state index in [4.69, 9.17) is 9.84 Å². The molecule has 0 spiro atoms. The average molecular weight is 236 g/mol. The highest BCUT2D eigenvalue weighted by Crippen LogP contribution is 2.30. The fourth-order valence-electron chi connectivity index (χ4n) is 2.35. The van der Waals surface area contributed by atoms with Gasteiger partial charge in [0.15, 0.2) is 0 Å². The van der Waals surface area contributed by atoms with Crippen molar-refractivity contribution in [2.45, 2.75) is 12.5 Å². The van der Waals surface area contributed by atoms with Gasteiger partial charge in [0.2, 0.25) is 0 Å². The van der Waals surface area contributed by atoms with Gasteiger partial charge in [-0.1, -0.05) is 12.1 Å². The molecule has 0 aromatic heterocycles. The summed E-state index contributed by atoms with van der Waals surface area (Å²) in [6.45, 7) is 3.06. The van der Waals surface area contributed by atoms with Gasteiger partial charge in [0.1, 0.15) is 5.75 Å². The first-order valence-corrected chi connectivity index (χ1v) is 6.08. The summed E-state index contributed by atoms with van der Waals surface area (Å²) in [6.07, 6.45) is 0.783. The molecule has 1 heterocycles. The van der Waals surface area contributed by atoms with Gasteiger partial charge in [-0.05, 0) is 18.6 Å². The molecule has 0 aliphatic carbocycles. The average Bonchev–Trinajstić information content (AvgIpc) is 2.40. The summed E-state index contributed by atoms with van der Waals surface area (Å²) in [5, 5.41) is 12.5. The molecular formula is C13H20N2O2. The number of aliphatic hydroxyl groups excluding tert-OH is 1. The van der Waals surface area contributed by atoms with Crippen molar-refractivity contribution in [1.29, 1.82) is 0 Å². The molecule has 0 saturated carbocycles. The molecule has 94 valence electrons. The highest BCUT2D eigenvalue weighted by Gasteiger charge is 2.23. The van der Waals surface area contributed by atoms with E-state index in [1.807, 2.05) is 18.2 Å². The van der Waals surface area contributed by atoms with E-state index in [1.165, 1.54) is 0 Å². The lowest BCUT2D eigenvalue weighted by Crippen LogP contribution is -2.51. The van der Waals surface area contributed by atoms with Gasteiger partial charge >= 0.3 is 0 Å². The van der Waals surface area contributed by atoms with Crippen LogP contribution in [0.4, 0.5) is 5.69 Å². The summed E-state index contributed by atoms with van der Waals surface area (Å²) in [7, 11) is 1.70. The molecule has 1 atom stereocenters. The summed E-state index contributed by atoms with van der Waals surface area (Å²) < 4.78 is 5.40. The summed E-state index contributed by atoms with van der Waals surface area (Å²) in [6, 6.07) is 8.40. The van der Waals surface area contributed by atoms with Crippen LogP contribution < -0.4 is 15.0 Å². The minimum Gasteiger partial charge on any atom is -0.495 e. The van der Waals surface area contributed by atoms with Crippen LogP contribution >= 0.6 is 0 Å². The second kappa shape index (κ2) is 5.89. The maximum Gasteiger partial charge on any atom is 0.142 e. The van der Waals surface area contributed by atoms with Crippen molar-refractivity contribution in [2.24, 2.45) is 0 Å². The Balaban J connectivity index is 2.22. The Morgan fingerprint density at radius 2 is 2.29 bits per heavy atom. The maximum atomic E-state index is 9.12. The van der Waals surface area contributed by atoms with E-state index in [-0.39, 0.29) is 6.61 Å². The predicted octanol–water partition coefficient (Wildman–Crippen LogP) is 0.856. The van der Waals surface area contributed by atoms with Crippen molar-refractivity contribution in [1.82, 2.24) is 5.32 Å². The van der Waals surface area contributed by atoms with Crippen LogP contribution in [0, 0.1) is 0 Å². The first-order chi connectivity index (χ1) is 8.36. The minimum absolute atomic E-state index is 0.220. The van der Waals surface area contributed by atoms with Crippen LogP contribution in [0.3, 0.4) is 0 Å². The van der Waals surface area contributed by atoms with Crippen LogP contribution in [0.25, 0.3) is 0 Å². The van der Waals surface area contributed by atoms with E-state index >= 15 is 0 Å². The molecule has 4 heteroatoms. The quantitative estimate of drug-likeness (QED) is 0.813. The van der Waals surface area contributed by atoms with Crippen molar-refractivity contribution in [3.8, 4) is 5.75 Å². The van der Waals surface area contributed by atoms with Crippen LogP contribution in [-0.4, -0.2) is 44.5 Å². The van der Waals surface area contributed by atoms with Gasteiger partial charge < -0.3 is 20.1 Å². The zero-order valence-electron chi connectivity index (χ0n) is 10.2. The van der Waals surface area contributed by atoms with Gasteiger partial charge in [0.05, 0.1) is 12.8 Å². The van der Waals surface area contributed by atoms with E-state index in [9.17, 15) is 0 Å². The highest BCUT2D eigenvalue weighted by molar-refractivity contribution is 5.59. The lowest BCUT2D eigenvalue weighted by atomic mass is 10.1. The van der Waals surface area contributed by atoms with Gasteiger partial charge in [0, 0.05) is 32.3 Å². The van der Waals surface area contributed by atoms with Crippen LogP contribution in [0.2, 0.25) is 0 Å². The summed E-state index contributed by atoms with van der Waals surface area (Å²) in [5.74, 6) is 0.900. The number of para-hydroxylation sites is 2. The fourth-order valence-corrected chi connectivity index (χ4v) is 2.35. The van der Waals surface area contributed by atoms with Crippen molar-refractivity contribution < 1.29 is 9.84 Å². The second-order valence-corrected chi connectivity index (χ2v) is 4.24. The largest absolute Gasteiger partial charge is 0.495 e. The molecule has 1 unspecified atom stereocenters. The van der Waals surface area contributed by atoms with Crippen molar-refractivity contribution >= 4 is 5.69 Å². The molecule has 2 N–H and O–H groups in total. The Hall–Kier alpha value is -1.26. The standard InChI is InChI=1S/C13H20N2O2/c1-17-13-5-3-2-4-12(13)15-8-7-14-10-11(15)6-9-16/h2-5,11,14,16H,6-10H2,1H3. The van der Waals surface area contributed by atoms with Crippen molar-refractivity contribution in [3.63, 3.8) is 0 Å². The minimum atomic E-state index is 0.220.